The fraction of sp³-hybridized carbons (Fsp3) is 0.682. The Hall–Kier alpha value is -1.64. The number of phenolic OH excluding ortho intramolecular Hbond substituents is 1. The van der Waals surface area contributed by atoms with Crippen LogP contribution in [0.15, 0.2) is 29.3 Å². The minimum Gasteiger partial charge on any atom is -0.506 e. The Morgan fingerprint density at radius 3 is 2.60 bits per heavy atom. The summed E-state index contributed by atoms with van der Waals surface area (Å²) in [4.78, 5) is 12.4. The number of rotatable bonds is 5. The van der Waals surface area contributed by atoms with Gasteiger partial charge in [-0.25, -0.2) is 0 Å². The van der Waals surface area contributed by atoms with Crippen molar-refractivity contribution >= 4 is 23.4 Å². The van der Waals surface area contributed by atoms with Crippen LogP contribution in [0.2, 0.25) is 0 Å². The zero-order valence-corrected chi connectivity index (χ0v) is 18.9. The van der Waals surface area contributed by atoms with Gasteiger partial charge in [0.05, 0.1) is 31.0 Å². The highest BCUT2D eigenvalue weighted by Gasteiger charge is 2.40. The lowest BCUT2D eigenvalue weighted by atomic mass is 9.96. The van der Waals surface area contributed by atoms with Gasteiger partial charge in [-0.15, -0.1) is 0 Å². The highest BCUT2D eigenvalue weighted by Crippen LogP contribution is 2.34. The van der Waals surface area contributed by atoms with E-state index in [4.69, 9.17) is 9.73 Å². The molecule has 1 unspecified atom stereocenters. The van der Waals surface area contributed by atoms with Gasteiger partial charge in [0.2, 0.25) is 0 Å². The number of phenols is 1. The minimum absolute atomic E-state index is 0.173. The summed E-state index contributed by atoms with van der Waals surface area (Å²) < 4.78 is 5.59. The van der Waals surface area contributed by atoms with Crippen LogP contribution in [0.5, 0.6) is 5.75 Å². The summed E-state index contributed by atoms with van der Waals surface area (Å²) in [5.74, 6) is 3.77. The normalized spacial score (nSPS) is 26.2. The number of para-hydroxylation sites is 2. The van der Waals surface area contributed by atoms with Crippen LogP contribution in [0.3, 0.4) is 0 Å². The Bertz CT molecular complexity index is 711. The van der Waals surface area contributed by atoms with Crippen LogP contribution in [0.25, 0.3) is 0 Å². The standard InChI is InChI=1S/C22H35N5O2S/c1-2-23-21(24-17-22(7-16-30-18-22)27-12-14-29-15-13-27)26-10-8-25(9-11-26)19-5-3-4-6-20(19)28/h3-6,28H,2,7-18H2,1H3,(H,23,24). The number of hydrogen-bond acceptors (Lipinski definition) is 6. The predicted octanol–water partition coefficient (Wildman–Crippen LogP) is 1.69. The molecule has 0 aromatic heterocycles. The van der Waals surface area contributed by atoms with Gasteiger partial charge in [-0.1, -0.05) is 12.1 Å². The van der Waals surface area contributed by atoms with Crippen molar-refractivity contribution in [2.45, 2.75) is 18.9 Å². The molecule has 1 atom stereocenters. The van der Waals surface area contributed by atoms with E-state index < -0.39 is 0 Å². The van der Waals surface area contributed by atoms with Crippen molar-refractivity contribution in [1.82, 2.24) is 15.1 Å². The maximum atomic E-state index is 10.2. The number of guanidine groups is 1. The second-order valence-corrected chi connectivity index (χ2v) is 9.36. The molecule has 0 saturated carbocycles. The average molecular weight is 434 g/mol. The van der Waals surface area contributed by atoms with E-state index in [0.29, 0.717) is 5.75 Å². The summed E-state index contributed by atoms with van der Waals surface area (Å²) in [5, 5.41) is 13.7. The van der Waals surface area contributed by atoms with Crippen molar-refractivity contribution in [3.05, 3.63) is 24.3 Å². The molecule has 0 amide bonds. The molecule has 1 aromatic rings. The largest absolute Gasteiger partial charge is 0.506 e. The number of nitrogens with one attached hydrogen (secondary N) is 1. The summed E-state index contributed by atoms with van der Waals surface area (Å²) in [6.07, 6.45) is 1.21. The smallest absolute Gasteiger partial charge is 0.194 e. The molecule has 8 heteroatoms. The molecule has 7 nitrogen and oxygen atoms in total. The molecule has 166 valence electrons. The Kier molecular flexibility index (Phi) is 7.28. The first-order chi connectivity index (χ1) is 14.7. The van der Waals surface area contributed by atoms with Gasteiger partial charge < -0.3 is 25.0 Å². The summed E-state index contributed by atoms with van der Waals surface area (Å²) in [6.45, 7) is 11.1. The summed E-state index contributed by atoms with van der Waals surface area (Å²) in [7, 11) is 0. The highest BCUT2D eigenvalue weighted by atomic mass is 32.2. The summed E-state index contributed by atoms with van der Waals surface area (Å²) in [5.41, 5.74) is 1.10. The number of aromatic hydroxyl groups is 1. The minimum atomic E-state index is 0.173. The number of hydrogen-bond donors (Lipinski definition) is 2. The van der Waals surface area contributed by atoms with Crippen molar-refractivity contribution in [2.75, 3.05) is 82.0 Å². The second-order valence-electron chi connectivity index (χ2n) is 8.26. The van der Waals surface area contributed by atoms with Crippen molar-refractivity contribution in [1.29, 1.82) is 0 Å². The van der Waals surface area contributed by atoms with Gasteiger partial charge in [-0.3, -0.25) is 9.89 Å². The zero-order chi connectivity index (χ0) is 20.8. The molecule has 0 spiro atoms. The first kappa shape index (κ1) is 21.6. The van der Waals surface area contributed by atoms with E-state index in [0.717, 1.165) is 83.0 Å². The molecule has 3 fully saturated rings. The van der Waals surface area contributed by atoms with Gasteiger partial charge in [0, 0.05) is 51.6 Å². The monoisotopic (exact) mass is 433 g/mol. The third-order valence-electron chi connectivity index (χ3n) is 6.42. The lowest BCUT2D eigenvalue weighted by Crippen LogP contribution is -2.57. The van der Waals surface area contributed by atoms with E-state index in [9.17, 15) is 5.11 Å². The molecular weight excluding hydrogens is 398 g/mol. The third kappa shape index (κ3) is 4.81. The Morgan fingerprint density at radius 2 is 1.93 bits per heavy atom. The predicted molar refractivity (Wildman–Crippen MR) is 125 cm³/mol. The maximum absolute atomic E-state index is 10.2. The lowest BCUT2D eigenvalue weighted by molar-refractivity contribution is -0.0105. The van der Waals surface area contributed by atoms with Crippen LogP contribution in [0.1, 0.15) is 13.3 Å². The van der Waals surface area contributed by atoms with Crippen LogP contribution >= 0.6 is 11.8 Å². The first-order valence-electron chi connectivity index (χ1n) is 11.2. The van der Waals surface area contributed by atoms with E-state index in [1.165, 1.54) is 12.2 Å². The van der Waals surface area contributed by atoms with Gasteiger partial charge >= 0.3 is 0 Å². The van der Waals surface area contributed by atoms with Gasteiger partial charge in [0.1, 0.15) is 5.75 Å². The number of morpholine rings is 1. The Balaban J connectivity index is 1.42. The number of ether oxygens (including phenoxy) is 1. The first-order valence-corrected chi connectivity index (χ1v) is 12.3. The van der Waals surface area contributed by atoms with Crippen LogP contribution in [-0.2, 0) is 4.74 Å². The molecule has 30 heavy (non-hydrogen) atoms. The van der Waals surface area contributed by atoms with Gasteiger partial charge in [-0.2, -0.15) is 11.8 Å². The number of piperazine rings is 1. The molecule has 1 aromatic carbocycles. The molecule has 4 rings (SSSR count). The number of aliphatic imine (C=N–C) groups is 1. The zero-order valence-electron chi connectivity index (χ0n) is 18.1. The van der Waals surface area contributed by atoms with E-state index in [1.807, 2.05) is 18.2 Å². The molecule has 3 aliphatic heterocycles. The van der Waals surface area contributed by atoms with E-state index in [1.54, 1.807) is 6.07 Å². The molecular formula is C22H35N5O2S. The van der Waals surface area contributed by atoms with Crippen molar-refractivity contribution in [2.24, 2.45) is 4.99 Å². The fourth-order valence-electron chi connectivity index (χ4n) is 4.65. The SMILES string of the molecule is CCNC(=NCC1(N2CCOCC2)CCSC1)N1CCN(c2ccccc2O)CC1. The Labute approximate surface area is 184 Å². The van der Waals surface area contributed by atoms with E-state index in [-0.39, 0.29) is 5.54 Å². The second kappa shape index (κ2) is 10.1. The van der Waals surface area contributed by atoms with Gasteiger partial charge in [-0.05, 0) is 31.2 Å². The molecule has 2 N–H and O–H groups in total. The molecule has 0 radical (unpaired) electrons. The van der Waals surface area contributed by atoms with Crippen LogP contribution < -0.4 is 10.2 Å². The molecule has 0 bridgehead atoms. The third-order valence-corrected chi connectivity index (χ3v) is 7.66. The van der Waals surface area contributed by atoms with Crippen LogP contribution in [-0.4, -0.2) is 103 Å². The Morgan fingerprint density at radius 1 is 1.17 bits per heavy atom. The molecule has 3 aliphatic rings. The molecule has 3 saturated heterocycles. The highest BCUT2D eigenvalue weighted by molar-refractivity contribution is 7.99. The fourth-order valence-corrected chi connectivity index (χ4v) is 6.11. The number of anilines is 1. The van der Waals surface area contributed by atoms with Crippen molar-refractivity contribution < 1.29 is 9.84 Å². The van der Waals surface area contributed by atoms with Gasteiger partial charge in [0.15, 0.2) is 5.96 Å². The number of benzene rings is 1. The lowest BCUT2D eigenvalue weighted by Gasteiger charge is -2.42. The van der Waals surface area contributed by atoms with E-state index in [2.05, 4.69) is 38.7 Å². The summed E-state index contributed by atoms with van der Waals surface area (Å²) >= 11 is 2.06. The quantitative estimate of drug-likeness (QED) is 0.541. The van der Waals surface area contributed by atoms with Crippen LogP contribution in [0, 0.1) is 0 Å². The maximum Gasteiger partial charge on any atom is 0.194 e. The van der Waals surface area contributed by atoms with Crippen LogP contribution in [0.4, 0.5) is 5.69 Å². The number of thioether (sulfide) groups is 1. The van der Waals surface area contributed by atoms with Crippen molar-refractivity contribution in [3.8, 4) is 5.75 Å². The molecule has 3 heterocycles. The molecule has 0 aliphatic carbocycles. The van der Waals surface area contributed by atoms with Crippen molar-refractivity contribution in [3.63, 3.8) is 0 Å². The summed E-state index contributed by atoms with van der Waals surface area (Å²) in [6, 6.07) is 7.61. The average Bonchev–Trinajstić information content (AvgIpc) is 3.28. The van der Waals surface area contributed by atoms with Gasteiger partial charge in [0.25, 0.3) is 0 Å². The number of nitrogens with zero attached hydrogens (tertiary/aromatic N) is 4. The topological polar surface area (TPSA) is 63.6 Å². The van der Waals surface area contributed by atoms with E-state index >= 15 is 0 Å².